The van der Waals surface area contributed by atoms with Gasteiger partial charge in [-0.3, -0.25) is 4.79 Å². The zero-order chi connectivity index (χ0) is 13.0. The fraction of sp³-hybridized carbons (Fsp3) is 0.533. The third-order valence-corrected chi connectivity index (χ3v) is 3.26. The predicted molar refractivity (Wildman–Crippen MR) is 69.9 cm³/mol. The lowest BCUT2D eigenvalue weighted by atomic mass is 10.1. The molecule has 1 saturated heterocycles. The summed E-state index contributed by atoms with van der Waals surface area (Å²) in [5.74, 6) is 0.0352. The van der Waals surface area contributed by atoms with E-state index in [9.17, 15) is 4.79 Å². The molecule has 3 nitrogen and oxygen atoms in total. The first-order valence-electron chi connectivity index (χ1n) is 6.51. The average molecular weight is 248 g/mol. The Kier molecular flexibility index (Phi) is 4.50. The number of aryl methyl sites for hydroxylation is 1. The maximum Gasteiger partial charge on any atom is 0.191 e. The van der Waals surface area contributed by atoms with Crippen LogP contribution in [-0.4, -0.2) is 31.2 Å². The van der Waals surface area contributed by atoms with Crippen molar-refractivity contribution in [1.29, 1.82) is 0 Å². The summed E-state index contributed by atoms with van der Waals surface area (Å²) in [5.41, 5.74) is 1.86. The summed E-state index contributed by atoms with van der Waals surface area (Å²) in [5, 5.41) is 0. The van der Waals surface area contributed by atoms with Crippen molar-refractivity contribution in [2.45, 2.75) is 38.9 Å². The van der Waals surface area contributed by atoms with E-state index in [0.29, 0.717) is 12.2 Å². The van der Waals surface area contributed by atoms with E-state index in [-0.39, 0.29) is 11.9 Å². The zero-order valence-corrected chi connectivity index (χ0v) is 11.0. The van der Waals surface area contributed by atoms with Gasteiger partial charge in [0.15, 0.2) is 5.78 Å². The van der Waals surface area contributed by atoms with Crippen LogP contribution in [0.5, 0.6) is 0 Å². The number of ketones is 1. The molecule has 2 unspecified atom stereocenters. The first-order valence-corrected chi connectivity index (χ1v) is 6.51. The third kappa shape index (κ3) is 3.40. The van der Waals surface area contributed by atoms with E-state index < -0.39 is 6.10 Å². The number of hydrogen-bond acceptors (Lipinski definition) is 3. The van der Waals surface area contributed by atoms with Gasteiger partial charge in [0.2, 0.25) is 0 Å². The van der Waals surface area contributed by atoms with E-state index >= 15 is 0 Å². The van der Waals surface area contributed by atoms with Crippen molar-refractivity contribution in [3.8, 4) is 0 Å². The molecular formula is C15H20O3. The van der Waals surface area contributed by atoms with Crippen LogP contribution in [0.3, 0.4) is 0 Å². The first kappa shape index (κ1) is 13.2. The second-order valence-corrected chi connectivity index (χ2v) is 4.84. The molecule has 1 aliphatic rings. The van der Waals surface area contributed by atoms with Gasteiger partial charge in [0.05, 0.1) is 12.7 Å². The molecule has 2 rings (SSSR count). The molecule has 0 radical (unpaired) electrons. The van der Waals surface area contributed by atoms with E-state index in [1.807, 2.05) is 31.2 Å². The number of carbonyl (C=O) groups is 1. The molecule has 0 saturated carbocycles. The fourth-order valence-corrected chi connectivity index (χ4v) is 2.06. The van der Waals surface area contributed by atoms with Crippen LogP contribution in [0, 0.1) is 6.92 Å². The number of Topliss-reactive ketones (excluding diaryl/α,β-unsaturated/α-hetero) is 1. The van der Waals surface area contributed by atoms with Crippen molar-refractivity contribution in [3.63, 3.8) is 0 Å². The van der Waals surface area contributed by atoms with Crippen molar-refractivity contribution in [1.82, 2.24) is 0 Å². The van der Waals surface area contributed by atoms with Gasteiger partial charge in [-0.15, -0.1) is 0 Å². The lowest BCUT2D eigenvalue weighted by Crippen LogP contribution is -2.25. The molecule has 2 atom stereocenters. The maximum atomic E-state index is 12.1. The largest absolute Gasteiger partial charge is 0.376 e. The molecule has 0 spiro atoms. The Bertz CT molecular complexity index is 391. The topological polar surface area (TPSA) is 35.5 Å². The Morgan fingerprint density at radius 1 is 1.44 bits per heavy atom. The molecule has 1 aliphatic heterocycles. The van der Waals surface area contributed by atoms with Gasteiger partial charge in [-0.1, -0.05) is 29.8 Å². The van der Waals surface area contributed by atoms with Crippen LogP contribution in [0.4, 0.5) is 0 Å². The first-order chi connectivity index (χ1) is 8.66. The van der Waals surface area contributed by atoms with Crippen LogP contribution in [0.25, 0.3) is 0 Å². The minimum absolute atomic E-state index is 0.0352. The van der Waals surface area contributed by atoms with Gasteiger partial charge in [0.25, 0.3) is 0 Å². The van der Waals surface area contributed by atoms with E-state index in [2.05, 4.69) is 0 Å². The van der Waals surface area contributed by atoms with Crippen molar-refractivity contribution >= 4 is 5.78 Å². The highest BCUT2D eigenvalue weighted by molar-refractivity contribution is 5.99. The van der Waals surface area contributed by atoms with Gasteiger partial charge >= 0.3 is 0 Å². The quantitative estimate of drug-likeness (QED) is 0.752. The summed E-state index contributed by atoms with van der Waals surface area (Å²) in [6.07, 6.45) is 1.88. The molecule has 0 aromatic heterocycles. The van der Waals surface area contributed by atoms with Crippen LogP contribution in [0.15, 0.2) is 24.3 Å². The summed E-state index contributed by atoms with van der Waals surface area (Å²) in [4.78, 5) is 12.1. The van der Waals surface area contributed by atoms with Gasteiger partial charge < -0.3 is 9.47 Å². The molecule has 1 heterocycles. The zero-order valence-electron chi connectivity index (χ0n) is 11.0. The Hall–Kier alpha value is -1.19. The summed E-state index contributed by atoms with van der Waals surface area (Å²) in [6, 6.07) is 7.59. The van der Waals surface area contributed by atoms with Gasteiger partial charge in [-0.2, -0.15) is 0 Å². The number of ether oxygens (including phenoxy) is 2. The normalized spacial score (nSPS) is 20.9. The molecule has 1 aromatic carbocycles. The molecule has 0 amide bonds. The SMILES string of the molecule is Cc1ccc(C(=O)C(C)OCC2CCCO2)cc1. The smallest absolute Gasteiger partial charge is 0.191 e. The lowest BCUT2D eigenvalue weighted by molar-refractivity contribution is -0.00759. The van der Waals surface area contributed by atoms with Gasteiger partial charge in [0.1, 0.15) is 6.10 Å². The molecule has 98 valence electrons. The standard InChI is InChI=1S/C15H20O3/c1-11-5-7-13(8-6-11)15(16)12(2)18-10-14-4-3-9-17-14/h5-8,12,14H,3-4,9-10H2,1-2H3. The van der Waals surface area contributed by atoms with Gasteiger partial charge in [0, 0.05) is 12.2 Å². The summed E-state index contributed by atoms with van der Waals surface area (Å²) >= 11 is 0. The Morgan fingerprint density at radius 3 is 2.78 bits per heavy atom. The monoisotopic (exact) mass is 248 g/mol. The van der Waals surface area contributed by atoms with Gasteiger partial charge in [-0.25, -0.2) is 0 Å². The van der Waals surface area contributed by atoms with Crippen molar-refractivity contribution < 1.29 is 14.3 Å². The molecular weight excluding hydrogens is 228 g/mol. The molecule has 0 N–H and O–H groups in total. The lowest BCUT2D eigenvalue weighted by Gasteiger charge is -2.15. The molecule has 1 aromatic rings. The number of rotatable bonds is 5. The van der Waals surface area contributed by atoms with E-state index in [0.717, 1.165) is 25.0 Å². The fourth-order valence-electron chi connectivity index (χ4n) is 2.06. The van der Waals surface area contributed by atoms with Crippen LogP contribution >= 0.6 is 0 Å². The maximum absolute atomic E-state index is 12.1. The minimum Gasteiger partial charge on any atom is -0.376 e. The van der Waals surface area contributed by atoms with Crippen LogP contribution in [0.1, 0.15) is 35.7 Å². The number of carbonyl (C=O) groups excluding carboxylic acids is 1. The van der Waals surface area contributed by atoms with Crippen LogP contribution in [0.2, 0.25) is 0 Å². The van der Waals surface area contributed by atoms with Crippen molar-refractivity contribution in [2.24, 2.45) is 0 Å². The Labute approximate surface area is 108 Å². The summed E-state index contributed by atoms with van der Waals surface area (Å²) in [6.45, 7) is 5.13. The number of hydrogen-bond donors (Lipinski definition) is 0. The Morgan fingerprint density at radius 2 is 2.17 bits per heavy atom. The highest BCUT2D eigenvalue weighted by atomic mass is 16.5. The van der Waals surface area contributed by atoms with Crippen LogP contribution < -0.4 is 0 Å². The third-order valence-electron chi connectivity index (χ3n) is 3.26. The molecule has 18 heavy (non-hydrogen) atoms. The molecule has 0 aliphatic carbocycles. The van der Waals surface area contributed by atoms with E-state index in [4.69, 9.17) is 9.47 Å². The summed E-state index contributed by atoms with van der Waals surface area (Å²) in [7, 11) is 0. The van der Waals surface area contributed by atoms with Crippen LogP contribution in [-0.2, 0) is 9.47 Å². The van der Waals surface area contributed by atoms with Gasteiger partial charge in [-0.05, 0) is 26.7 Å². The van der Waals surface area contributed by atoms with Crippen molar-refractivity contribution in [3.05, 3.63) is 35.4 Å². The second-order valence-electron chi connectivity index (χ2n) is 4.84. The average Bonchev–Trinajstić information content (AvgIpc) is 2.89. The van der Waals surface area contributed by atoms with E-state index in [1.54, 1.807) is 6.92 Å². The molecule has 1 fully saturated rings. The number of benzene rings is 1. The highest BCUT2D eigenvalue weighted by Gasteiger charge is 2.20. The van der Waals surface area contributed by atoms with Crippen molar-refractivity contribution in [2.75, 3.05) is 13.2 Å². The minimum atomic E-state index is -0.406. The predicted octanol–water partition coefficient (Wildman–Crippen LogP) is 2.76. The molecule has 0 bridgehead atoms. The summed E-state index contributed by atoms with van der Waals surface area (Å²) < 4.78 is 11.1. The molecule has 3 heteroatoms. The second kappa shape index (κ2) is 6.12. The highest BCUT2D eigenvalue weighted by Crippen LogP contribution is 2.14. The Balaban J connectivity index is 1.85. The van der Waals surface area contributed by atoms with E-state index in [1.165, 1.54) is 0 Å².